The van der Waals surface area contributed by atoms with Gasteiger partial charge in [-0.3, -0.25) is 14.6 Å². The van der Waals surface area contributed by atoms with Crippen LogP contribution in [0.4, 0.5) is 11.5 Å². The number of aromatic nitrogens is 2. The van der Waals surface area contributed by atoms with Crippen molar-refractivity contribution in [1.82, 2.24) is 14.9 Å². The van der Waals surface area contributed by atoms with Crippen LogP contribution in [0, 0.1) is 12.8 Å². The van der Waals surface area contributed by atoms with Gasteiger partial charge >= 0.3 is 11.8 Å². The van der Waals surface area contributed by atoms with Gasteiger partial charge in [0.1, 0.15) is 5.82 Å². The second-order valence-corrected chi connectivity index (χ2v) is 7.45. The Morgan fingerprint density at radius 2 is 2.04 bits per heavy atom. The molecule has 1 fully saturated rings. The van der Waals surface area contributed by atoms with Crippen molar-refractivity contribution in [3.63, 3.8) is 0 Å². The Kier molecular flexibility index (Phi) is 5.12. The Labute approximate surface area is 159 Å². The number of likely N-dealkylation sites (tertiary alicyclic amines) is 1. The second kappa shape index (κ2) is 7.34. The lowest BCUT2D eigenvalue weighted by molar-refractivity contribution is -0.150. The molecule has 0 aliphatic carbocycles. The number of piperidine rings is 1. The van der Waals surface area contributed by atoms with E-state index in [0.717, 1.165) is 24.0 Å². The first-order valence-corrected chi connectivity index (χ1v) is 9.07. The zero-order valence-electron chi connectivity index (χ0n) is 15.9. The molecule has 3 N–H and O–H groups in total. The molecular formula is C20H25N5O2. The van der Waals surface area contributed by atoms with E-state index < -0.39 is 17.4 Å². The van der Waals surface area contributed by atoms with Gasteiger partial charge in [0, 0.05) is 18.9 Å². The summed E-state index contributed by atoms with van der Waals surface area (Å²) in [5.41, 5.74) is 7.35. The zero-order valence-corrected chi connectivity index (χ0v) is 15.9. The van der Waals surface area contributed by atoms with E-state index in [-0.39, 0.29) is 0 Å². The minimum atomic E-state index is -0.671. The molecule has 0 unspecified atom stereocenters. The number of amides is 2. The lowest BCUT2D eigenvalue weighted by Crippen LogP contribution is -2.55. The van der Waals surface area contributed by atoms with Gasteiger partial charge in [-0.25, -0.2) is 4.98 Å². The molecule has 3 heterocycles. The van der Waals surface area contributed by atoms with E-state index in [1.54, 1.807) is 30.3 Å². The van der Waals surface area contributed by atoms with Gasteiger partial charge < -0.3 is 16.0 Å². The van der Waals surface area contributed by atoms with E-state index in [1.165, 1.54) is 6.20 Å². The molecule has 2 amide bonds. The number of carbonyl (C=O) groups excluding carboxylic acids is 2. The summed E-state index contributed by atoms with van der Waals surface area (Å²) in [5.74, 6) is -0.489. The number of nitrogens with two attached hydrogens (primary N) is 1. The molecule has 7 nitrogen and oxygen atoms in total. The number of nitrogens with zero attached hydrogens (tertiary/aromatic N) is 3. The van der Waals surface area contributed by atoms with Crippen LogP contribution in [0.3, 0.4) is 0 Å². The molecule has 7 heteroatoms. The molecule has 1 saturated heterocycles. The maximum atomic E-state index is 13.0. The number of nitrogens with one attached hydrogen (secondary N) is 1. The fraction of sp³-hybridized carbons (Fsp3) is 0.400. The van der Waals surface area contributed by atoms with Crippen molar-refractivity contribution < 1.29 is 9.59 Å². The van der Waals surface area contributed by atoms with E-state index in [0.29, 0.717) is 24.0 Å². The van der Waals surface area contributed by atoms with E-state index in [9.17, 15) is 9.59 Å². The molecule has 1 aliphatic heterocycles. The van der Waals surface area contributed by atoms with Crippen LogP contribution in [0.25, 0.3) is 0 Å². The van der Waals surface area contributed by atoms with Crippen molar-refractivity contribution in [3.05, 3.63) is 47.9 Å². The summed E-state index contributed by atoms with van der Waals surface area (Å²) in [4.78, 5) is 35.5. The van der Waals surface area contributed by atoms with E-state index >= 15 is 0 Å². The first-order chi connectivity index (χ1) is 12.8. The third-order valence-corrected chi connectivity index (χ3v) is 5.33. The van der Waals surface area contributed by atoms with Crippen LogP contribution < -0.4 is 11.1 Å². The first-order valence-electron chi connectivity index (χ1n) is 9.07. The lowest BCUT2D eigenvalue weighted by atomic mass is 9.79. The SMILES string of the molecule is Cc1cc(NC(=O)C(=O)N2C[C@@H](C)CC[C@@]2(C)c2ccncc2)cnc1N. The average Bonchev–Trinajstić information content (AvgIpc) is 2.67. The van der Waals surface area contributed by atoms with Gasteiger partial charge in [0.15, 0.2) is 0 Å². The Hall–Kier alpha value is -2.96. The first kappa shape index (κ1) is 18.8. The summed E-state index contributed by atoms with van der Waals surface area (Å²) in [6.45, 7) is 6.43. The predicted molar refractivity (Wildman–Crippen MR) is 104 cm³/mol. The normalized spacial score (nSPS) is 22.3. The molecule has 0 spiro atoms. The molecule has 2 aromatic heterocycles. The molecule has 1 aliphatic rings. The maximum Gasteiger partial charge on any atom is 0.313 e. The Morgan fingerprint density at radius 1 is 1.33 bits per heavy atom. The molecule has 142 valence electrons. The summed E-state index contributed by atoms with van der Waals surface area (Å²) in [6.07, 6.45) is 6.66. The van der Waals surface area contributed by atoms with Gasteiger partial charge in [0.2, 0.25) is 0 Å². The fourth-order valence-corrected chi connectivity index (χ4v) is 3.55. The number of pyridine rings is 2. The van der Waals surface area contributed by atoms with Crippen LogP contribution in [0.15, 0.2) is 36.8 Å². The van der Waals surface area contributed by atoms with Crippen LogP contribution in [0.2, 0.25) is 0 Å². The van der Waals surface area contributed by atoms with Crippen LogP contribution in [-0.2, 0) is 15.1 Å². The van der Waals surface area contributed by atoms with E-state index in [4.69, 9.17) is 5.73 Å². The number of anilines is 2. The predicted octanol–water partition coefficient (Wildman–Crippen LogP) is 2.48. The summed E-state index contributed by atoms with van der Waals surface area (Å²) < 4.78 is 0. The second-order valence-electron chi connectivity index (χ2n) is 7.45. The minimum absolute atomic E-state index is 0.331. The third-order valence-electron chi connectivity index (χ3n) is 5.33. The van der Waals surface area contributed by atoms with Crippen molar-refractivity contribution >= 4 is 23.3 Å². The van der Waals surface area contributed by atoms with Gasteiger partial charge in [0.05, 0.1) is 17.4 Å². The number of rotatable bonds is 2. The highest BCUT2D eigenvalue weighted by Gasteiger charge is 2.42. The zero-order chi connectivity index (χ0) is 19.6. The molecule has 3 rings (SSSR count). The largest absolute Gasteiger partial charge is 0.383 e. The van der Waals surface area contributed by atoms with Crippen LogP contribution in [-0.4, -0.2) is 33.2 Å². The average molecular weight is 367 g/mol. The van der Waals surface area contributed by atoms with Gasteiger partial charge in [-0.05, 0) is 61.9 Å². The number of hydrogen-bond donors (Lipinski definition) is 2. The topological polar surface area (TPSA) is 101 Å². The Balaban J connectivity index is 1.85. The molecular weight excluding hydrogens is 342 g/mol. The standard InChI is InChI=1S/C20H25N5O2/c1-13-4-7-20(3,15-5-8-22-9-6-15)25(12-13)19(27)18(26)24-16-10-14(2)17(21)23-11-16/h5-6,8-11,13H,4,7,12H2,1-3H3,(H2,21,23)(H,24,26)/t13-,20-/m0/s1. The molecule has 0 saturated carbocycles. The highest BCUT2D eigenvalue weighted by Crippen LogP contribution is 2.39. The van der Waals surface area contributed by atoms with Crippen LogP contribution >= 0.6 is 0 Å². The van der Waals surface area contributed by atoms with Crippen LogP contribution in [0.1, 0.15) is 37.8 Å². The third kappa shape index (κ3) is 3.77. The number of hydrogen-bond acceptors (Lipinski definition) is 5. The summed E-state index contributed by atoms with van der Waals surface area (Å²) in [7, 11) is 0. The van der Waals surface area contributed by atoms with Gasteiger partial charge in [-0.15, -0.1) is 0 Å². The Morgan fingerprint density at radius 3 is 2.70 bits per heavy atom. The van der Waals surface area contributed by atoms with E-state index in [2.05, 4.69) is 22.2 Å². The van der Waals surface area contributed by atoms with Crippen molar-refractivity contribution in [2.45, 2.75) is 39.2 Å². The molecule has 27 heavy (non-hydrogen) atoms. The minimum Gasteiger partial charge on any atom is -0.383 e. The van der Waals surface area contributed by atoms with E-state index in [1.807, 2.05) is 19.1 Å². The lowest BCUT2D eigenvalue weighted by Gasteiger charge is -2.47. The van der Waals surface area contributed by atoms with Gasteiger partial charge in [-0.2, -0.15) is 0 Å². The summed E-state index contributed by atoms with van der Waals surface area (Å²) >= 11 is 0. The Bertz CT molecular complexity index is 855. The fourth-order valence-electron chi connectivity index (χ4n) is 3.55. The smallest absolute Gasteiger partial charge is 0.313 e. The van der Waals surface area contributed by atoms with Crippen molar-refractivity contribution in [2.75, 3.05) is 17.6 Å². The highest BCUT2D eigenvalue weighted by molar-refractivity contribution is 6.39. The maximum absolute atomic E-state index is 13.0. The number of aryl methyl sites for hydroxylation is 1. The monoisotopic (exact) mass is 367 g/mol. The molecule has 0 radical (unpaired) electrons. The molecule has 0 aromatic carbocycles. The summed E-state index contributed by atoms with van der Waals surface area (Å²) in [5, 5.41) is 2.65. The highest BCUT2D eigenvalue weighted by atomic mass is 16.2. The van der Waals surface area contributed by atoms with Crippen molar-refractivity contribution in [1.29, 1.82) is 0 Å². The molecule has 2 atom stereocenters. The van der Waals surface area contributed by atoms with Gasteiger partial charge in [0.25, 0.3) is 0 Å². The summed E-state index contributed by atoms with van der Waals surface area (Å²) in [6, 6.07) is 5.51. The molecule has 2 aromatic rings. The van der Waals surface area contributed by atoms with Crippen molar-refractivity contribution in [3.8, 4) is 0 Å². The van der Waals surface area contributed by atoms with Crippen LogP contribution in [0.5, 0.6) is 0 Å². The number of nitrogen functional groups attached to an aromatic ring is 1. The number of carbonyl (C=O) groups is 2. The quantitative estimate of drug-likeness (QED) is 0.794. The van der Waals surface area contributed by atoms with Gasteiger partial charge in [-0.1, -0.05) is 6.92 Å². The van der Waals surface area contributed by atoms with Crippen molar-refractivity contribution in [2.24, 2.45) is 5.92 Å². The molecule has 0 bridgehead atoms.